The molecule has 168 valence electrons. The fraction of sp³-hybridized carbons (Fsp3) is 0.160. The van der Waals surface area contributed by atoms with Gasteiger partial charge in [0.05, 0.1) is 29.6 Å². The maximum atomic E-state index is 12.7. The van der Waals surface area contributed by atoms with Crippen LogP contribution in [-0.2, 0) is 20.9 Å². The number of carbonyl (C=O) groups excluding carboxylic acids is 3. The molecule has 8 heteroatoms. The molecule has 0 unspecified atom stereocenters. The van der Waals surface area contributed by atoms with E-state index in [-0.39, 0.29) is 19.1 Å². The number of likely N-dealkylation sites (N-methyl/N-ethyl adjacent to an activating group) is 1. The zero-order valence-corrected chi connectivity index (χ0v) is 17.9. The second-order valence-electron chi connectivity index (χ2n) is 7.30. The first kappa shape index (κ1) is 21.9. The molecule has 2 amide bonds. The minimum atomic E-state index is -0.629. The number of furan rings is 1. The van der Waals surface area contributed by atoms with Crippen LogP contribution in [0.5, 0.6) is 5.75 Å². The molecule has 1 aliphatic heterocycles. The molecule has 0 spiro atoms. The molecule has 0 aliphatic carbocycles. The lowest BCUT2D eigenvalue weighted by atomic mass is 10.1. The number of benzene rings is 2. The lowest BCUT2D eigenvalue weighted by Crippen LogP contribution is -2.34. The van der Waals surface area contributed by atoms with Crippen molar-refractivity contribution in [3.8, 4) is 5.75 Å². The first-order valence-electron chi connectivity index (χ1n) is 10.3. The van der Waals surface area contributed by atoms with Crippen molar-refractivity contribution in [2.24, 2.45) is 0 Å². The fourth-order valence-corrected chi connectivity index (χ4v) is 3.32. The van der Waals surface area contributed by atoms with E-state index in [0.29, 0.717) is 28.3 Å². The molecule has 33 heavy (non-hydrogen) atoms. The third kappa shape index (κ3) is 5.12. The molecule has 1 aromatic heterocycles. The SMILES string of the molecule is CN(C(=O)COC(=O)C1=Cc2ccccc2OC1)c1ccccc1C(=O)NCc1ccco1. The summed E-state index contributed by atoms with van der Waals surface area (Å²) in [5, 5.41) is 2.76. The monoisotopic (exact) mass is 446 g/mol. The second kappa shape index (κ2) is 9.86. The van der Waals surface area contributed by atoms with Crippen LogP contribution in [0.2, 0.25) is 0 Å². The maximum Gasteiger partial charge on any atom is 0.338 e. The number of para-hydroxylation sites is 2. The summed E-state index contributed by atoms with van der Waals surface area (Å²) < 4.78 is 16.0. The average Bonchev–Trinajstić information content (AvgIpc) is 3.38. The van der Waals surface area contributed by atoms with Crippen molar-refractivity contribution in [3.05, 3.63) is 89.4 Å². The number of nitrogens with zero attached hydrogens (tertiary/aromatic N) is 1. The number of anilines is 1. The number of ether oxygens (including phenoxy) is 2. The highest BCUT2D eigenvalue weighted by Gasteiger charge is 2.22. The summed E-state index contributed by atoms with van der Waals surface area (Å²) in [5.41, 5.74) is 1.80. The highest BCUT2D eigenvalue weighted by Crippen LogP contribution is 2.26. The minimum absolute atomic E-state index is 0.0680. The van der Waals surface area contributed by atoms with Crippen LogP contribution in [0.4, 0.5) is 5.69 Å². The zero-order chi connectivity index (χ0) is 23.2. The maximum absolute atomic E-state index is 12.7. The molecule has 3 aromatic rings. The van der Waals surface area contributed by atoms with Crippen LogP contribution < -0.4 is 15.0 Å². The summed E-state index contributed by atoms with van der Waals surface area (Å²) in [6.45, 7) is -0.190. The number of esters is 1. The van der Waals surface area contributed by atoms with Gasteiger partial charge in [0.2, 0.25) is 0 Å². The fourth-order valence-electron chi connectivity index (χ4n) is 3.32. The highest BCUT2D eigenvalue weighted by atomic mass is 16.5. The third-order valence-electron chi connectivity index (χ3n) is 5.11. The van der Waals surface area contributed by atoms with Crippen LogP contribution in [-0.4, -0.2) is 38.0 Å². The largest absolute Gasteiger partial charge is 0.488 e. The van der Waals surface area contributed by atoms with Crippen LogP contribution >= 0.6 is 0 Å². The van der Waals surface area contributed by atoms with E-state index in [4.69, 9.17) is 13.9 Å². The Kier molecular flexibility index (Phi) is 6.54. The van der Waals surface area contributed by atoms with E-state index in [1.165, 1.54) is 18.2 Å². The predicted molar refractivity (Wildman–Crippen MR) is 121 cm³/mol. The molecule has 4 rings (SSSR count). The summed E-state index contributed by atoms with van der Waals surface area (Å²) >= 11 is 0. The van der Waals surface area contributed by atoms with E-state index in [1.54, 1.807) is 42.5 Å². The number of amides is 2. The van der Waals surface area contributed by atoms with E-state index in [2.05, 4.69) is 5.32 Å². The summed E-state index contributed by atoms with van der Waals surface area (Å²) in [6, 6.07) is 17.5. The van der Waals surface area contributed by atoms with Crippen molar-refractivity contribution in [2.75, 3.05) is 25.2 Å². The molecule has 1 N–H and O–H groups in total. The minimum Gasteiger partial charge on any atom is -0.488 e. The Hall–Kier alpha value is -4.33. The van der Waals surface area contributed by atoms with Gasteiger partial charge in [-0.1, -0.05) is 30.3 Å². The molecule has 2 aromatic carbocycles. The molecule has 1 aliphatic rings. The summed E-state index contributed by atoms with van der Waals surface area (Å²) in [7, 11) is 1.52. The highest BCUT2D eigenvalue weighted by molar-refractivity contribution is 6.05. The number of nitrogens with one attached hydrogen (secondary N) is 1. The van der Waals surface area contributed by atoms with Gasteiger partial charge in [-0.05, 0) is 36.4 Å². The van der Waals surface area contributed by atoms with Gasteiger partial charge in [-0.2, -0.15) is 0 Å². The molecule has 0 radical (unpaired) electrons. The van der Waals surface area contributed by atoms with Crippen molar-refractivity contribution in [1.29, 1.82) is 0 Å². The topological polar surface area (TPSA) is 98.1 Å². The first-order valence-corrected chi connectivity index (χ1v) is 10.3. The van der Waals surface area contributed by atoms with Gasteiger partial charge in [0.15, 0.2) is 6.61 Å². The molecule has 0 saturated carbocycles. The Balaban J connectivity index is 1.38. The molecule has 0 saturated heterocycles. The predicted octanol–water partition coefficient (Wildman–Crippen LogP) is 3.19. The smallest absolute Gasteiger partial charge is 0.338 e. The van der Waals surface area contributed by atoms with Gasteiger partial charge in [-0.3, -0.25) is 9.59 Å². The molecule has 8 nitrogen and oxygen atoms in total. The van der Waals surface area contributed by atoms with Crippen molar-refractivity contribution < 1.29 is 28.3 Å². The van der Waals surface area contributed by atoms with Gasteiger partial charge < -0.3 is 24.1 Å². The van der Waals surface area contributed by atoms with E-state index in [0.717, 1.165) is 5.56 Å². The Morgan fingerprint density at radius 1 is 1.03 bits per heavy atom. The quantitative estimate of drug-likeness (QED) is 0.560. The second-order valence-corrected chi connectivity index (χ2v) is 7.30. The van der Waals surface area contributed by atoms with Crippen LogP contribution in [0.3, 0.4) is 0 Å². The summed E-state index contributed by atoms with van der Waals surface area (Å²) in [6.07, 6.45) is 3.21. The Labute approximate surface area is 190 Å². The Morgan fingerprint density at radius 3 is 2.64 bits per heavy atom. The van der Waals surface area contributed by atoms with Crippen LogP contribution in [0.25, 0.3) is 6.08 Å². The van der Waals surface area contributed by atoms with E-state index in [9.17, 15) is 14.4 Å². The molecular formula is C25H22N2O6. The van der Waals surface area contributed by atoms with Gasteiger partial charge in [0.1, 0.15) is 18.1 Å². The van der Waals surface area contributed by atoms with E-state index >= 15 is 0 Å². The van der Waals surface area contributed by atoms with Crippen molar-refractivity contribution >= 4 is 29.5 Å². The lowest BCUT2D eigenvalue weighted by molar-refractivity contribution is -0.144. The van der Waals surface area contributed by atoms with Gasteiger partial charge in [-0.15, -0.1) is 0 Å². The molecule has 0 bridgehead atoms. The van der Waals surface area contributed by atoms with E-state index < -0.39 is 18.5 Å². The summed E-state index contributed by atoms with van der Waals surface area (Å²) in [4.78, 5) is 39.1. The van der Waals surface area contributed by atoms with Gasteiger partial charge in [0, 0.05) is 12.6 Å². The Morgan fingerprint density at radius 2 is 1.82 bits per heavy atom. The Bertz CT molecular complexity index is 1200. The molecule has 2 heterocycles. The lowest BCUT2D eigenvalue weighted by Gasteiger charge is -2.21. The summed E-state index contributed by atoms with van der Waals surface area (Å²) in [5.74, 6) is -0.169. The normalized spacial score (nSPS) is 12.1. The molecule has 0 fully saturated rings. The van der Waals surface area contributed by atoms with Crippen LogP contribution in [0, 0.1) is 0 Å². The zero-order valence-electron chi connectivity index (χ0n) is 17.9. The van der Waals surface area contributed by atoms with E-state index in [1.807, 2.05) is 24.3 Å². The van der Waals surface area contributed by atoms with Crippen LogP contribution in [0.1, 0.15) is 21.7 Å². The number of hydrogen-bond acceptors (Lipinski definition) is 6. The number of rotatable bonds is 7. The number of carbonyl (C=O) groups is 3. The molecular weight excluding hydrogens is 424 g/mol. The van der Waals surface area contributed by atoms with Gasteiger partial charge in [-0.25, -0.2) is 4.79 Å². The average molecular weight is 446 g/mol. The van der Waals surface area contributed by atoms with Crippen molar-refractivity contribution in [2.45, 2.75) is 6.54 Å². The van der Waals surface area contributed by atoms with Gasteiger partial charge in [0.25, 0.3) is 11.8 Å². The van der Waals surface area contributed by atoms with Gasteiger partial charge >= 0.3 is 5.97 Å². The standard InChI is InChI=1S/C25H22N2O6/c1-27(21-10-4-3-9-20(21)24(29)26-14-19-8-6-12-31-19)23(28)16-33-25(30)18-13-17-7-2-5-11-22(17)32-15-18/h2-13H,14-16H2,1H3,(H,26,29). The number of hydrogen-bond donors (Lipinski definition) is 1. The third-order valence-corrected chi connectivity index (χ3v) is 5.11. The molecule has 0 atom stereocenters. The number of fused-ring (bicyclic) bond motifs is 1. The van der Waals surface area contributed by atoms with Crippen molar-refractivity contribution in [1.82, 2.24) is 5.32 Å². The van der Waals surface area contributed by atoms with Crippen LogP contribution in [0.15, 0.2) is 76.9 Å². The first-order chi connectivity index (χ1) is 16.0. The van der Waals surface area contributed by atoms with Crippen molar-refractivity contribution in [3.63, 3.8) is 0 Å².